The summed E-state index contributed by atoms with van der Waals surface area (Å²) < 4.78 is 0. The minimum atomic E-state index is -0.288. The van der Waals surface area contributed by atoms with E-state index in [1.807, 2.05) is 0 Å². The van der Waals surface area contributed by atoms with Gasteiger partial charge in [0.15, 0.2) is 0 Å². The van der Waals surface area contributed by atoms with Gasteiger partial charge in [-0.05, 0) is 72.6 Å². The summed E-state index contributed by atoms with van der Waals surface area (Å²) in [5.41, 5.74) is 3.93. The van der Waals surface area contributed by atoms with Crippen molar-refractivity contribution in [3.8, 4) is 12.8 Å². The maximum atomic E-state index is 10.1. The van der Waals surface area contributed by atoms with Gasteiger partial charge in [0.1, 0.15) is 0 Å². The number of aliphatic hydroxyl groups is 3. The first-order valence-electron chi connectivity index (χ1n) is 9.46. The molecule has 3 nitrogen and oxygen atoms in total. The van der Waals surface area contributed by atoms with Gasteiger partial charge in [-0.2, -0.15) is 0 Å². The molecule has 1 fully saturated rings. The lowest BCUT2D eigenvalue weighted by Gasteiger charge is -2.32. The molecule has 28 heavy (non-hydrogen) atoms. The second-order valence-corrected chi connectivity index (χ2v) is 7.76. The van der Waals surface area contributed by atoms with Crippen LogP contribution in [-0.2, 0) is 6.42 Å². The molecular formula is C24H32O3S. The zero-order valence-electron chi connectivity index (χ0n) is 16.8. The maximum absolute atomic E-state index is 10.1. The highest BCUT2D eigenvalue weighted by Crippen LogP contribution is 2.36. The molecule has 1 saturated carbocycles. The van der Waals surface area contributed by atoms with Gasteiger partial charge in [-0.15, -0.1) is 24.6 Å². The minimum Gasteiger partial charge on any atom is -0.400 e. The standard InChI is InChI=1S/C21H26O2S.C2H2.CH4O/c1-24-21-7-5-15(6-8-21)9-16-3-2-4-18(10-16)19-11-17(14-22)12-20(23)13-19;2*1-2/h2-8,10,17,19-20,22-23H,9,11-14H2,1H3;1-2H;2H,1H3/t17-,19+,20-;;/m0../s1. The molecule has 0 amide bonds. The van der Waals surface area contributed by atoms with Gasteiger partial charge in [-0.3, -0.25) is 0 Å². The SMILES string of the molecule is C#C.CO.CSc1ccc(Cc2cccc([C@H]3C[C@@H](O)C[C@@H](CO)C3)c2)cc1. The van der Waals surface area contributed by atoms with Crippen molar-refractivity contribution in [1.29, 1.82) is 0 Å². The van der Waals surface area contributed by atoms with Crippen molar-refractivity contribution in [2.75, 3.05) is 20.0 Å². The lowest BCUT2D eigenvalue weighted by Crippen LogP contribution is -2.27. The molecule has 0 aromatic heterocycles. The molecular weight excluding hydrogens is 368 g/mol. The number of rotatable bonds is 5. The van der Waals surface area contributed by atoms with Crippen molar-refractivity contribution >= 4 is 11.8 Å². The molecule has 0 unspecified atom stereocenters. The Morgan fingerprint density at radius 3 is 2.25 bits per heavy atom. The van der Waals surface area contributed by atoms with Crippen molar-refractivity contribution in [3.05, 3.63) is 65.2 Å². The molecule has 1 aliphatic rings. The Balaban J connectivity index is 0.000000921. The Morgan fingerprint density at radius 1 is 0.964 bits per heavy atom. The Bertz CT molecular complexity index is 696. The van der Waals surface area contributed by atoms with Crippen LogP contribution < -0.4 is 0 Å². The van der Waals surface area contributed by atoms with E-state index in [0.29, 0.717) is 5.92 Å². The highest BCUT2D eigenvalue weighted by molar-refractivity contribution is 7.98. The summed E-state index contributed by atoms with van der Waals surface area (Å²) in [5.74, 6) is 0.575. The van der Waals surface area contributed by atoms with E-state index in [4.69, 9.17) is 5.11 Å². The Labute approximate surface area is 173 Å². The third kappa shape index (κ3) is 7.33. The number of hydrogen-bond acceptors (Lipinski definition) is 4. The third-order valence-electron chi connectivity index (χ3n) is 5.03. The van der Waals surface area contributed by atoms with E-state index >= 15 is 0 Å². The molecule has 3 rings (SSSR count). The van der Waals surface area contributed by atoms with Crippen LogP contribution >= 0.6 is 11.8 Å². The fraction of sp³-hybridized carbons (Fsp3) is 0.417. The summed E-state index contributed by atoms with van der Waals surface area (Å²) in [6.45, 7) is 0.176. The fourth-order valence-electron chi connectivity index (χ4n) is 3.76. The van der Waals surface area contributed by atoms with Gasteiger partial charge >= 0.3 is 0 Å². The van der Waals surface area contributed by atoms with E-state index in [9.17, 15) is 10.2 Å². The summed E-state index contributed by atoms with van der Waals surface area (Å²) in [6, 6.07) is 17.5. The van der Waals surface area contributed by atoms with E-state index in [2.05, 4.69) is 67.6 Å². The molecule has 0 heterocycles. The molecule has 0 aliphatic heterocycles. The van der Waals surface area contributed by atoms with Crippen LogP contribution in [0.5, 0.6) is 0 Å². The van der Waals surface area contributed by atoms with Gasteiger partial charge in [-0.1, -0.05) is 36.4 Å². The summed E-state index contributed by atoms with van der Waals surface area (Å²) in [5, 5.41) is 26.5. The molecule has 2 aromatic carbocycles. The van der Waals surface area contributed by atoms with Crippen LogP contribution in [0.4, 0.5) is 0 Å². The molecule has 0 spiro atoms. The number of terminal acetylenes is 1. The smallest absolute Gasteiger partial charge is 0.0549 e. The van der Waals surface area contributed by atoms with Crippen LogP contribution in [-0.4, -0.2) is 41.4 Å². The van der Waals surface area contributed by atoms with E-state index < -0.39 is 0 Å². The number of benzene rings is 2. The summed E-state index contributed by atoms with van der Waals surface area (Å²) in [6.07, 6.45) is 13.2. The quantitative estimate of drug-likeness (QED) is 0.522. The average molecular weight is 401 g/mol. The van der Waals surface area contributed by atoms with Crippen molar-refractivity contribution < 1.29 is 15.3 Å². The predicted octanol–water partition coefficient (Wildman–Crippen LogP) is 4.09. The third-order valence-corrected chi connectivity index (χ3v) is 5.77. The number of aliphatic hydroxyl groups excluding tert-OH is 3. The van der Waals surface area contributed by atoms with Gasteiger partial charge < -0.3 is 15.3 Å². The highest BCUT2D eigenvalue weighted by Gasteiger charge is 2.28. The molecule has 0 saturated heterocycles. The van der Waals surface area contributed by atoms with Crippen LogP contribution in [0.2, 0.25) is 0 Å². The van der Waals surface area contributed by atoms with E-state index in [1.54, 1.807) is 11.8 Å². The first-order valence-corrected chi connectivity index (χ1v) is 10.7. The zero-order chi connectivity index (χ0) is 20.9. The van der Waals surface area contributed by atoms with Crippen LogP contribution in [0, 0.1) is 18.8 Å². The first kappa shape index (κ1) is 24.3. The van der Waals surface area contributed by atoms with E-state index in [-0.39, 0.29) is 18.6 Å². The van der Waals surface area contributed by atoms with E-state index in [1.165, 1.54) is 21.6 Å². The highest BCUT2D eigenvalue weighted by atomic mass is 32.2. The van der Waals surface area contributed by atoms with Crippen LogP contribution in [0.1, 0.15) is 41.9 Å². The molecule has 0 radical (unpaired) electrons. The fourth-order valence-corrected chi connectivity index (χ4v) is 4.17. The Hall–Kier alpha value is -1.77. The van der Waals surface area contributed by atoms with Crippen molar-refractivity contribution in [2.45, 2.75) is 42.6 Å². The van der Waals surface area contributed by atoms with Crippen LogP contribution in [0.15, 0.2) is 53.4 Å². The molecule has 0 bridgehead atoms. The van der Waals surface area contributed by atoms with Gasteiger partial charge in [0, 0.05) is 18.6 Å². The zero-order valence-corrected chi connectivity index (χ0v) is 17.6. The lowest BCUT2D eigenvalue weighted by molar-refractivity contribution is 0.0650. The van der Waals surface area contributed by atoms with Crippen molar-refractivity contribution in [3.63, 3.8) is 0 Å². The monoisotopic (exact) mass is 400 g/mol. The second-order valence-electron chi connectivity index (χ2n) is 6.88. The van der Waals surface area contributed by atoms with Crippen molar-refractivity contribution in [2.24, 2.45) is 5.92 Å². The largest absolute Gasteiger partial charge is 0.400 e. The Morgan fingerprint density at radius 2 is 1.64 bits per heavy atom. The van der Waals surface area contributed by atoms with E-state index in [0.717, 1.165) is 32.8 Å². The Kier molecular flexibility index (Phi) is 11.6. The normalized spacial score (nSPS) is 20.9. The molecule has 3 N–H and O–H groups in total. The molecule has 4 heteroatoms. The van der Waals surface area contributed by atoms with Crippen molar-refractivity contribution in [1.82, 2.24) is 0 Å². The van der Waals surface area contributed by atoms with Gasteiger partial charge in [0.25, 0.3) is 0 Å². The lowest BCUT2D eigenvalue weighted by atomic mass is 9.76. The summed E-state index contributed by atoms with van der Waals surface area (Å²) in [4.78, 5) is 1.29. The van der Waals surface area contributed by atoms with Gasteiger partial charge in [0.05, 0.1) is 6.10 Å². The maximum Gasteiger partial charge on any atom is 0.0549 e. The minimum absolute atomic E-state index is 0.176. The van der Waals surface area contributed by atoms with Crippen LogP contribution in [0.3, 0.4) is 0 Å². The molecule has 3 atom stereocenters. The number of hydrogen-bond donors (Lipinski definition) is 3. The topological polar surface area (TPSA) is 60.7 Å². The second kappa shape index (κ2) is 13.4. The summed E-state index contributed by atoms with van der Waals surface area (Å²) >= 11 is 1.76. The molecule has 2 aromatic rings. The summed E-state index contributed by atoms with van der Waals surface area (Å²) in [7, 11) is 1.00. The molecule has 152 valence electrons. The van der Waals surface area contributed by atoms with Gasteiger partial charge in [-0.25, -0.2) is 0 Å². The first-order chi connectivity index (χ1) is 13.7. The number of thioether (sulfide) groups is 1. The average Bonchev–Trinajstić information content (AvgIpc) is 2.77. The predicted molar refractivity (Wildman–Crippen MR) is 119 cm³/mol. The van der Waals surface area contributed by atoms with Crippen LogP contribution in [0.25, 0.3) is 0 Å². The van der Waals surface area contributed by atoms with Gasteiger partial charge in [0.2, 0.25) is 0 Å². The molecule has 1 aliphatic carbocycles.